The van der Waals surface area contributed by atoms with E-state index < -0.39 is 10.0 Å². The first kappa shape index (κ1) is 19.1. The molecule has 2 rings (SSSR count). The van der Waals surface area contributed by atoms with Gasteiger partial charge in [-0.05, 0) is 18.1 Å². The number of rotatable bonds is 8. The smallest absolute Gasteiger partial charge is 0.238 e. The van der Waals surface area contributed by atoms with Crippen LogP contribution in [0.5, 0.6) is 0 Å². The van der Waals surface area contributed by atoms with Crippen molar-refractivity contribution >= 4 is 15.9 Å². The molecule has 0 bridgehead atoms. The standard InChI is InChI=1S/C19H24N2O3S/c1-3-20(14-17-10-6-4-7-11-17)19(22)16-21(25(2,23)24)15-18-12-8-5-9-13-18/h4-13H,3,14-16H2,1-2H3. The third-order valence-corrected chi connectivity index (χ3v) is 5.13. The summed E-state index contributed by atoms with van der Waals surface area (Å²) >= 11 is 0. The summed E-state index contributed by atoms with van der Waals surface area (Å²) in [6.45, 7) is 2.92. The first-order chi connectivity index (χ1) is 11.9. The van der Waals surface area contributed by atoms with Crippen LogP contribution in [-0.2, 0) is 27.9 Å². The number of amides is 1. The molecule has 0 saturated carbocycles. The Morgan fingerprint density at radius 1 is 0.880 bits per heavy atom. The average molecular weight is 360 g/mol. The molecule has 1 amide bonds. The van der Waals surface area contributed by atoms with Crippen molar-refractivity contribution in [3.63, 3.8) is 0 Å². The predicted octanol–water partition coefficient (Wildman–Crippen LogP) is 2.50. The largest absolute Gasteiger partial charge is 0.338 e. The molecule has 0 aromatic heterocycles. The SMILES string of the molecule is CCN(Cc1ccccc1)C(=O)CN(Cc1ccccc1)S(C)(=O)=O. The Morgan fingerprint density at radius 3 is 1.80 bits per heavy atom. The molecule has 0 fully saturated rings. The van der Waals surface area contributed by atoms with E-state index in [4.69, 9.17) is 0 Å². The topological polar surface area (TPSA) is 57.7 Å². The lowest BCUT2D eigenvalue weighted by atomic mass is 10.2. The molecule has 6 heteroatoms. The fraction of sp³-hybridized carbons (Fsp3) is 0.316. The number of benzene rings is 2. The van der Waals surface area contributed by atoms with Gasteiger partial charge >= 0.3 is 0 Å². The summed E-state index contributed by atoms with van der Waals surface area (Å²) in [5, 5.41) is 0. The Bertz CT molecular complexity index is 777. The van der Waals surface area contributed by atoms with E-state index in [1.165, 1.54) is 4.31 Å². The number of nitrogens with zero attached hydrogens (tertiary/aromatic N) is 2. The van der Waals surface area contributed by atoms with E-state index in [2.05, 4.69) is 0 Å². The summed E-state index contributed by atoms with van der Waals surface area (Å²) in [6.07, 6.45) is 1.14. The van der Waals surface area contributed by atoms with Crippen molar-refractivity contribution < 1.29 is 13.2 Å². The molecule has 25 heavy (non-hydrogen) atoms. The third-order valence-electron chi connectivity index (χ3n) is 3.93. The molecule has 0 unspecified atom stereocenters. The highest BCUT2D eigenvalue weighted by atomic mass is 32.2. The van der Waals surface area contributed by atoms with Crippen LogP contribution >= 0.6 is 0 Å². The van der Waals surface area contributed by atoms with Crippen LogP contribution in [0.1, 0.15) is 18.1 Å². The van der Waals surface area contributed by atoms with Gasteiger partial charge in [-0.2, -0.15) is 4.31 Å². The molecular weight excluding hydrogens is 336 g/mol. The number of hydrogen-bond donors (Lipinski definition) is 0. The van der Waals surface area contributed by atoms with Gasteiger partial charge in [0.05, 0.1) is 12.8 Å². The molecule has 0 aliphatic carbocycles. The number of sulfonamides is 1. The molecule has 0 heterocycles. The second kappa shape index (κ2) is 8.78. The van der Waals surface area contributed by atoms with E-state index >= 15 is 0 Å². The summed E-state index contributed by atoms with van der Waals surface area (Å²) in [4.78, 5) is 14.3. The van der Waals surface area contributed by atoms with Crippen molar-refractivity contribution in [3.8, 4) is 0 Å². The maximum atomic E-state index is 12.6. The Hall–Kier alpha value is -2.18. The highest BCUT2D eigenvalue weighted by molar-refractivity contribution is 7.88. The summed E-state index contributed by atoms with van der Waals surface area (Å²) in [6, 6.07) is 19.0. The summed E-state index contributed by atoms with van der Waals surface area (Å²) in [5.74, 6) is -0.201. The average Bonchev–Trinajstić information content (AvgIpc) is 2.60. The Balaban J connectivity index is 2.09. The second-order valence-corrected chi connectivity index (χ2v) is 7.89. The van der Waals surface area contributed by atoms with Gasteiger partial charge < -0.3 is 4.90 Å². The maximum absolute atomic E-state index is 12.6. The van der Waals surface area contributed by atoms with Crippen molar-refractivity contribution in [3.05, 3.63) is 71.8 Å². The van der Waals surface area contributed by atoms with Crippen molar-refractivity contribution in [2.24, 2.45) is 0 Å². The van der Waals surface area contributed by atoms with Gasteiger partial charge in [0.2, 0.25) is 15.9 Å². The highest BCUT2D eigenvalue weighted by Gasteiger charge is 2.23. The van der Waals surface area contributed by atoms with Crippen molar-refractivity contribution in [2.45, 2.75) is 20.0 Å². The van der Waals surface area contributed by atoms with E-state index in [0.29, 0.717) is 13.1 Å². The summed E-state index contributed by atoms with van der Waals surface area (Å²) in [5.41, 5.74) is 1.87. The minimum Gasteiger partial charge on any atom is -0.338 e. The number of hydrogen-bond acceptors (Lipinski definition) is 3. The molecule has 0 aliphatic heterocycles. The van der Waals surface area contributed by atoms with Gasteiger partial charge in [0.1, 0.15) is 0 Å². The van der Waals surface area contributed by atoms with Crippen LogP contribution in [-0.4, -0.2) is 42.9 Å². The summed E-state index contributed by atoms with van der Waals surface area (Å²) < 4.78 is 25.4. The van der Waals surface area contributed by atoms with E-state index in [1.807, 2.05) is 67.6 Å². The number of carbonyl (C=O) groups excluding carboxylic acids is 1. The van der Waals surface area contributed by atoms with Crippen LogP contribution in [0.25, 0.3) is 0 Å². The number of carbonyl (C=O) groups is 1. The van der Waals surface area contributed by atoms with E-state index in [0.717, 1.165) is 17.4 Å². The van der Waals surface area contributed by atoms with Crippen LogP contribution in [0.3, 0.4) is 0 Å². The van der Waals surface area contributed by atoms with Crippen LogP contribution in [0.15, 0.2) is 60.7 Å². The molecule has 0 N–H and O–H groups in total. The molecule has 0 saturated heterocycles. The van der Waals surface area contributed by atoms with Gasteiger partial charge in [-0.25, -0.2) is 8.42 Å². The Labute approximate surface area is 149 Å². The summed E-state index contributed by atoms with van der Waals surface area (Å²) in [7, 11) is -3.49. The van der Waals surface area contributed by atoms with Crippen LogP contribution in [0.4, 0.5) is 0 Å². The first-order valence-electron chi connectivity index (χ1n) is 8.21. The third kappa shape index (κ3) is 5.99. The van der Waals surface area contributed by atoms with Gasteiger partial charge in [0, 0.05) is 19.6 Å². The van der Waals surface area contributed by atoms with Crippen LogP contribution in [0.2, 0.25) is 0 Å². The molecule has 2 aromatic carbocycles. The highest BCUT2D eigenvalue weighted by Crippen LogP contribution is 2.11. The zero-order valence-corrected chi connectivity index (χ0v) is 15.4. The second-order valence-electron chi connectivity index (χ2n) is 5.91. The van der Waals surface area contributed by atoms with Crippen molar-refractivity contribution in [1.82, 2.24) is 9.21 Å². The van der Waals surface area contributed by atoms with Gasteiger partial charge in [0.25, 0.3) is 0 Å². The maximum Gasteiger partial charge on any atom is 0.238 e. The predicted molar refractivity (Wildman–Crippen MR) is 99.2 cm³/mol. The molecule has 0 aliphatic rings. The zero-order chi connectivity index (χ0) is 18.3. The van der Waals surface area contributed by atoms with Gasteiger partial charge in [-0.1, -0.05) is 60.7 Å². The lowest BCUT2D eigenvalue weighted by molar-refractivity contribution is -0.131. The Kier molecular flexibility index (Phi) is 6.73. The van der Waals surface area contributed by atoms with Gasteiger partial charge in [0.15, 0.2) is 0 Å². The zero-order valence-electron chi connectivity index (χ0n) is 14.6. The van der Waals surface area contributed by atoms with Gasteiger partial charge in [-0.15, -0.1) is 0 Å². The molecule has 134 valence electrons. The minimum atomic E-state index is -3.49. The van der Waals surface area contributed by atoms with Crippen molar-refractivity contribution in [2.75, 3.05) is 19.3 Å². The fourth-order valence-corrected chi connectivity index (χ4v) is 3.24. The minimum absolute atomic E-state index is 0.158. The van der Waals surface area contributed by atoms with Crippen LogP contribution < -0.4 is 0 Å². The molecular formula is C19H24N2O3S. The van der Waals surface area contributed by atoms with Crippen molar-refractivity contribution in [1.29, 1.82) is 0 Å². The van der Waals surface area contributed by atoms with Gasteiger partial charge in [-0.3, -0.25) is 4.79 Å². The molecule has 2 aromatic rings. The van der Waals surface area contributed by atoms with E-state index in [-0.39, 0.29) is 19.0 Å². The normalized spacial score (nSPS) is 11.5. The fourth-order valence-electron chi connectivity index (χ4n) is 2.51. The molecule has 5 nitrogen and oxygen atoms in total. The van der Waals surface area contributed by atoms with Crippen LogP contribution in [0, 0.1) is 0 Å². The molecule has 0 radical (unpaired) electrons. The monoisotopic (exact) mass is 360 g/mol. The number of likely N-dealkylation sites (N-methyl/N-ethyl adjacent to an activating group) is 1. The first-order valence-corrected chi connectivity index (χ1v) is 10.1. The lowest BCUT2D eigenvalue weighted by Crippen LogP contribution is -2.41. The quantitative estimate of drug-likeness (QED) is 0.727. The van der Waals surface area contributed by atoms with E-state index in [1.54, 1.807) is 4.90 Å². The molecule has 0 atom stereocenters. The lowest BCUT2D eigenvalue weighted by Gasteiger charge is -2.25. The van der Waals surface area contributed by atoms with E-state index in [9.17, 15) is 13.2 Å². The molecule has 0 spiro atoms. The Morgan fingerprint density at radius 2 is 1.36 bits per heavy atom.